The molecule has 124 valence electrons. The van der Waals surface area contributed by atoms with Gasteiger partial charge in [-0.2, -0.15) is 5.10 Å². The SMILES string of the molecule is CC(Cc1ccc2ccccc2c1)NC(=O)CCc1cnn(C)c1. The van der Waals surface area contributed by atoms with E-state index in [9.17, 15) is 4.79 Å². The average molecular weight is 321 g/mol. The lowest BCUT2D eigenvalue weighted by Gasteiger charge is -2.14. The van der Waals surface area contributed by atoms with Crippen LogP contribution < -0.4 is 5.32 Å². The van der Waals surface area contributed by atoms with Gasteiger partial charge in [0.2, 0.25) is 5.91 Å². The average Bonchev–Trinajstić information content (AvgIpc) is 2.98. The molecule has 0 fully saturated rings. The minimum absolute atomic E-state index is 0.0899. The molecule has 2 aromatic carbocycles. The Morgan fingerprint density at radius 3 is 2.71 bits per heavy atom. The minimum atomic E-state index is 0.0899. The first-order valence-electron chi connectivity index (χ1n) is 8.35. The molecule has 1 aromatic heterocycles. The lowest BCUT2D eigenvalue weighted by atomic mass is 10.0. The summed E-state index contributed by atoms with van der Waals surface area (Å²) in [6.07, 6.45) is 5.82. The van der Waals surface area contributed by atoms with Crippen molar-refractivity contribution in [2.24, 2.45) is 7.05 Å². The Morgan fingerprint density at radius 2 is 1.96 bits per heavy atom. The van der Waals surface area contributed by atoms with Crippen LogP contribution in [0.3, 0.4) is 0 Å². The molecule has 1 unspecified atom stereocenters. The molecule has 4 heteroatoms. The van der Waals surface area contributed by atoms with Crippen LogP contribution in [0, 0.1) is 0 Å². The van der Waals surface area contributed by atoms with Crippen LogP contribution in [-0.2, 0) is 24.7 Å². The standard InChI is InChI=1S/C20H23N3O/c1-15(22-20(24)10-8-17-13-21-23(2)14-17)11-16-7-9-18-5-3-4-6-19(18)12-16/h3-7,9,12-15H,8,10-11H2,1-2H3,(H,22,24). The van der Waals surface area contributed by atoms with Crippen molar-refractivity contribution in [3.05, 3.63) is 66.0 Å². The number of aromatic nitrogens is 2. The van der Waals surface area contributed by atoms with E-state index in [-0.39, 0.29) is 11.9 Å². The molecule has 1 amide bonds. The molecule has 0 spiro atoms. The first-order valence-corrected chi connectivity index (χ1v) is 8.35. The number of carbonyl (C=O) groups excluding carboxylic acids is 1. The van der Waals surface area contributed by atoms with Gasteiger partial charge in [-0.15, -0.1) is 0 Å². The van der Waals surface area contributed by atoms with Gasteiger partial charge in [0.15, 0.2) is 0 Å². The van der Waals surface area contributed by atoms with Crippen molar-refractivity contribution < 1.29 is 4.79 Å². The van der Waals surface area contributed by atoms with Crippen LogP contribution in [-0.4, -0.2) is 21.7 Å². The van der Waals surface area contributed by atoms with E-state index >= 15 is 0 Å². The van der Waals surface area contributed by atoms with Gasteiger partial charge in [0, 0.05) is 25.7 Å². The number of amides is 1. The zero-order valence-electron chi connectivity index (χ0n) is 14.2. The van der Waals surface area contributed by atoms with Gasteiger partial charge in [0.05, 0.1) is 6.20 Å². The number of fused-ring (bicyclic) bond motifs is 1. The minimum Gasteiger partial charge on any atom is -0.353 e. The maximum absolute atomic E-state index is 12.1. The van der Waals surface area contributed by atoms with Crippen molar-refractivity contribution in [3.8, 4) is 0 Å². The second-order valence-electron chi connectivity index (χ2n) is 6.38. The molecule has 0 aliphatic carbocycles. The summed E-state index contributed by atoms with van der Waals surface area (Å²) < 4.78 is 1.76. The van der Waals surface area contributed by atoms with Crippen molar-refractivity contribution in [1.29, 1.82) is 0 Å². The number of hydrogen-bond donors (Lipinski definition) is 1. The summed E-state index contributed by atoms with van der Waals surface area (Å²) in [5.74, 6) is 0.0899. The summed E-state index contributed by atoms with van der Waals surface area (Å²) in [4.78, 5) is 12.1. The molecule has 0 aliphatic heterocycles. The number of benzene rings is 2. The Morgan fingerprint density at radius 1 is 1.17 bits per heavy atom. The van der Waals surface area contributed by atoms with Gasteiger partial charge < -0.3 is 5.32 Å². The first kappa shape index (κ1) is 16.2. The van der Waals surface area contributed by atoms with E-state index in [4.69, 9.17) is 0 Å². The Bertz CT molecular complexity index is 838. The zero-order chi connectivity index (χ0) is 16.9. The van der Waals surface area contributed by atoms with Gasteiger partial charge in [0.1, 0.15) is 0 Å². The number of nitrogens with one attached hydrogen (secondary N) is 1. The van der Waals surface area contributed by atoms with Gasteiger partial charge in [-0.05, 0) is 41.7 Å². The molecule has 24 heavy (non-hydrogen) atoms. The quantitative estimate of drug-likeness (QED) is 0.757. The molecule has 3 aromatic rings. The molecule has 0 bridgehead atoms. The normalized spacial score (nSPS) is 12.2. The highest BCUT2D eigenvalue weighted by atomic mass is 16.1. The second kappa shape index (κ2) is 7.30. The molecule has 1 atom stereocenters. The van der Waals surface area contributed by atoms with E-state index < -0.39 is 0 Å². The fourth-order valence-electron chi connectivity index (χ4n) is 2.98. The molecule has 1 heterocycles. The van der Waals surface area contributed by atoms with Crippen LogP contribution in [0.1, 0.15) is 24.5 Å². The highest BCUT2D eigenvalue weighted by molar-refractivity contribution is 5.83. The molecule has 0 saturated carbocycles. The van der Waals surface area contributed by atoms with Gasteiger partial charge >= 0.3 is 0 Å². The van der Waals surface area contributed by atoms with E-state index in [1.165, 1.54) is 16.3 Å². The number of aryl methyl sites for hydroxylation is 2. The van der Waals surface area contributed by atoms with Crippen LogP contribution in [0.4, 0.5) is 0 Å². The summed E-state index contributed by atoms with van der Waals surface area (Å²) >= 11 is 0. The predicted octanol–water partition coefficient (Wildman–Crippen LogP) is 3.25. The van der Waals surface area contributed by atoms with Crippen molar-refractivity contribution in [2.45, 2.75) is 32.2 Å². The van der Waals surface area contributed by atoms with Crippen LogP contribution in [0.5, 0.6) is 0 Å². The summed E-state index contributed by atoms with van der Waals surface area (Å²) in [6, 6.07) is 14.9. The summed E-state index contributed by atoms with van der Waals surface area (Å²) in [7, 11) is 1.88. The van der Waals surface area contributed by atoms with Crippen LogP contribution in [0.2, 0.25) is 0 Å². The van der Waals surface area contributed by atoms with Gasteiger partial charge in [-0.1, -0.05) is 42.5 Å². The second-order valence-corrected chi connectivity index (χ2v) is 6.38. The molecular formula is C20H23N3O. The molecule has 0 saturated heterocycles. The Kier molecular flexibility index (Phi) is 4.94. The van der Waals surface area contributed by atoms with E-state index in [2.05, 4.69) is 53.7 Å². The number of nitrogens with zero attached hydrogens (tertiary/aromatic N) is 2. The molecule has 3 rings (SSSR count). The first-order chi connectivity index (χ1) is 11.6. The van der Waals surface area contributed by atoms with Crippen LogP contribution in [0.15, 0.2) is 54.9 Å². The Hall–Kier alpha value is -2.62. The highest BCUT2D eigenvalue weighted by Crippen LogP contribution is 2.16. The number of rotatable bonds is 6. The fraction of sp³-hybridized carbons (Fsp3) is 0.300. The summed E-state index contributed by atoms with van der Waals surface area (Å²) in [5.41, 5.74) is 2.34. The predicted molar refractivity (Wildman–Crippen MR) is 96.8 cm³/mol. The van der Waals surface area contributed by atoms with Crippen molar-refractivity contribution in [3.63, 3.8) is 0 Å². The van der Waals surface area contributed by atoms with Crippen LogP contribution >= 0.6 is 0 Å². The monoisotopic (exact) mass is 321 g/mol. The van der Waals surface area contributed by atoms with Crippen molar-refractivity contribution in [1.82, 2.24) is 15.1 Å². The number of carbonyl (C=O) groups is 1. The highest BCUT2D eigenvalue weighted by Gasteiger charge is 2.09. The third-order valence-corrected chi connectivity index (χ3v) is 4.16. The third kappa shape index (κ3) is 4.22. The zero-order valence-corrected chi connectivity index (χ0v) is 14.2. The Labute approximate surface area is 142 Å². The Balaban J connectivity index is 1.52. The molecule has 1 N–H and O–H groups in total. The topological polar surface area (TPSA) is 46.9 Å². The van der Waals surface area contributed by atoms with Crippen molar-refractivity contribution >= 4 is 16.7 Å². The smallest absolute Gasteiger partial charge is 0.220 e. The van der Waals surface area contributed by atoms with Gasteiger partial charge in [0.25, 0.3) is 0 Å². The maximum Gasteiger partial charge on any atom is 0.220 e. The fourth-order valence-corrected chi connectivity index (χ4v) is 2.98. The van der Waals surface area contributed by atoms with E-state index in [1.54, 1.807) is 4.68 Å². The lowest BCUT2D eigenvalue weighted by Crippen LogP contribution is -2.34. The van der Waals surface area contributed by atoms with Crippen molar-refractivity contribution in [2.75, 3.05) is 0 Å². The molecular weight excluding hydrogens is 298 g/mol. The molecule has 0 aliphatic rings. The maximum atomic E-state index is 12.1. The molecule has 4 nitrogen and oxygen atoms in total. The third-order valence-electron chi connectivity index (χ3n) is 4.16. The van der Waals surface area contributed by atoms with Gasteiger partial charge in [-0.3, -0.25) is 9.48 Å². The number of hydrogen-bond acceptors (Lipinski definition) is 2. The molecule has 0 radical (unpaired) electrons. The van der Waals surface area contributed by atoms with E-state index in [0.717, 1.165) is 18.4 Å². The lowest BCUT2D eigenvalue weighted by molar-refractivity contribution is -0.121. The summed E-state index contributed by atoms with van der Waals surface area (Å²) in [5, 5.41) is 9.69. The van der Waals surface area contributed by atoms with E-state index in [0.29, 0.717) is 6.42 Å². The van der Waals surface area contributed by atoms with Gasteiger partial charge in [-0.25, -0.2) is 0 Å². The largest absolute Gasteiger partial charge is 0.353 e. The van der Waals surface area contributed by atoms with E-state index in [1.807, 2.05) is 25.5 Å². The van der Waals surface area contributed by atoms with Crippen LogP contribution in [0.25, 0.3) is 10.8 Å². The summed E-state index contributed by atoms with van der Waals surface area (Å²) in [6.45, 7) is 2.05.